The first-order chi connectivity index (χ1) is 14.0. The molecule has 4 nitrogen and oxygen atoms in total. The minimum absolute atomic E-state index is 0.517. The molecule has 0 aliphatic carbocycles. The molecular weight excluding hydrogens is 382 g/mol. The van der Waals surface area contributed by atoms with Crippen molar-refractivity contribution in [2.75, 3.05) is 11.0 Å². The zero-order valence-corrected chi connectivity index (χ0v) is 17.3. The summed E-state index contributed by atoms with van der Waals surface area (Å²) in [6.45, 7) is 2.64. The highest BCUT2D eigenvalue weighted by Crippen LogP contribution is 2.42. The summed E-state index contributed by atoms with van der Waals surface area (Å²) in [6.07, 6.45) is 1.95. The highest BCUT2D eigenvalue weighted by Gasteiger charge is 2.22. The molecule has 3 aromatic rings. The molecule has 0 bridgehead atoms. The van der Waals surface area contributed by atoms with Gasteiger partial charge in [0.15, 0.2) is 0 Å². The van der Waals surface area contributed by atoms with E-state index in [4.69, 9.17) is 4.74 Å². The zero-order valence-electron chi connectivity index (χ0n) is 16.5. The number of hydrogen-bond donors (Lipinski definition) is 1. The Kier molecular flexibility index (Phi) is 5.16. The molecule has 29 heavy (non-hydrogen) atoms. The van der Waals surface area contributed by atoms with Crippen LogP contribution < -0.4 is 9.46 Å². The van der Waals surface area contributed by atoms with E-state index in [1.54, 1.807) is 6.07 Å². The molecule has 1 heterocycles. The van der Waals surface area contributed by atoms with Gasteiger partial charge in [0.05, 0.1) is 6.26 Å². The summed E-state index contributed by atoms with van der Waals surface area (Å²) in [6, 6.07) is 23.9. The van der Waals surface area contributed by atoms with Crippen molar-refractivity contribution in [1.29, 1.82) is 0 Å². The number of allylic oxidation sites excluding steroid dienone is 1. The smallest absolute Gasteiger partial charge is 0.229 e. The SMILES string of the molecule is CC/C(=C1/c2ccccc2COc2ccccc21)c1cccc(NS(C)(=O)=O)c1. The standard InChI is InChI=1S/C24H23NO3S/c1-3-20(17-10-8-11-19(15-17)25-29(2,26)27)24-21-12-5-4-9-18(21)16-28-23-14-7-6-13-22(23)24/h4-15,25H,3,16H2,1-2H3/b24-20+. The molecule has 1 N–H and O–H groups in total. The lowest BCUT2D eigenvalue weighted by atomic mass is 9.86. The van der Waals surface area contributed by atoms with Crippen LogP contribution in [0, 0.1) is 0 Å². The average molecular weight is 406 g/mol. The van der Waals surface area contributed by atoms with Gasteiger partial charge in [-0.25, -0.2) is 8.42 Å². The van der Waals surface area contributed by atoms with E-state index in [2.05, 4.69) is 29.8 Å². The molecule has 0 fully saturated rings. The predicted octanol–water partition coefficient (Wildman–Crippen LogP) is 5.32. The van der Waals surface area contributed by atoms with E-state index in [1.165, 1.54) is 0 Å². The summed E-state index contributed by atoms with van der Waals surface area (Å²) >= 11 is 0. The minimum atomic E-state index is -3.34. The van der Waals surface area contributed by atoms with Crippen LogP contribution >= 0.6 is 0 Å². The van der Waals surface area contributed by atoms with Crippen molar-refractivity contribution in [3.63, 3.8) is 0 Å². The van der Waals surface area contributed by atoms with Gasteiger partial charge in [0.25, 0.3) is 0 Å². The van der Waals surface area contributed by atoms with E-state index in [-0.39, 0.29) is 0 Å². The molecule has 5 heteroatoms. The van der Waals surface area contributed by atoms with Crippen molar-refractivity contribution in [2.24, 2.45) is 0 Å². The van der Waals surface area contributed by atoms with Crippen LogP contribution in [0.1, 0.15) is 35.6 Å². The van der Waals surface area contributed by atoms with Gasteiger partial charge < -0.3 is 4.74 Å². The lowest BCUT2D eigenvalue weighted by Gasteiger charge is -2.17. The second kappa shape index (κ2) is 7.76. The average Bonchev–Trinajstić information content (AvgIpc) is 2.86. The van der Waals surface area contributed by atoms with Gasteiger partial charge >= 0.3 is 0 Å². The fourth-order valence-corrected chi connectivity index (χ4v) is 4.38. The molecule has 3 aromatic carbocycles. The van der Waals surface area contributed by atoms with Crippen molar-refractivity contribution in [3.05, 3.63) is 95.1 Å². The van der Waals surface area contributed by atoms with Gasteiger partial charge in [-0.1, -0.05) is 61.5 Å². The summed E-state index contributed by atoms with van der Waals surface area (Å²) in [5, 5.41) is 0. The molecule has 0 saturated heterocycles. The van der Waals surface area contributed by atoms with Gasteiger partial charge in [0.2, 0.25) is 10.0 Å². The van der Waals surface area contributed by atoms with Crippen LogP contribution in [0.4, 0.5) is 5.69 Å². The quantitative estimate of drug-likeness (QED) is 0.639. The Hall–Kier alpha value is -3.05. The molecule has 4 rings (SSSR count). The van der Waals surface area contributed by atoms with Gasteiger partial charge in [-0.3, -0.25) is 4.72 Å². The van der Waals surface area contributed by atoms with E-state index in [9.17, 15) is 8.42 Å². The maximum atomic E-state index is 11.7. The molecule has 0 atom stereocenters. The van der Waals surface area contributed by atoms with Gasteiger partial charge in [-0.15, -0.1) is 0 Å². The number of hydrogen-bond acceptors (Lipinski definition) is 3. The lowest BCUT2D eigenvalue weighted by Crippen LogP contribution is -2.09. The molecule has 0 amide bonds. The van der Waals surface area contributed by atoms with Crippen LogP contribution in [0.25, 0.3) is 11.1 Å². The number of benzene rings is 3. The van der Waals surface area contributed by atoms with Crippen LogP contribution in [0.2, 0.25) is 0 Å². The second-order valence-electron chi connectivity index (χ2n) is 7.10. The number of sulfonamides is 1. The van der Waals surface area contributed by atoms with E-state index < -0.39 is 10.0 Å². The number of nitrogens with one attached hydrogen (secondary N) is 1. The fraction of sp³-hybridized carbons (Fsp3) is 0.167. The Morgan fingerprint density at radius 2 is 1.69 bits per heavy atom. The van der Waals surface area contributed by atoms with Crippen molar-refractivity contribution >= 4 is 26.9 Å². The van der Waals surface area contributed by atoms with Crippen LogP contribution in [0.5, 0.6) is 5.75 Å². The fourth-order valence-electron chi connectivity index (χ4n) is 3.82. The topological polar surface area (TPSA) is 55.4 Å². The molecule has 0 radical (unpaired) electrons. The van der Waals surface area contributed by atoms with E-state index in [0.717, 1.165) is 51.8 Å². The van der Waals surface area contributed by atoms with Crippen molar-refractivity contribution in [2.45, 2.75) is 20.0 Å². The Morgan fingerprint density at radius 3 is 2.45 bits per heavy atom. The van der Waals surface area contributed by atoms with Crippen LogP contribution in [0.3, 0.4) is 0 Å². The Balaban J connectivity index is 1.98. The molecular formula is C24H23NO3S. The maximum Gasteiger partial charge on any atom is 0.229 e. The molecule has 0 aromatic heterocycles. The van der Waals surface area contributed by atoms with Crippen molar-refractivity contribution in [1.82, 2.24) is 0 Å². The molecule has 0 spiro atoms. The predicted molar refractivity (Wildman–Crippen MR) is 118 cm³/mol. The van der Waals surface area contributed by atoms with Gasteiger partial charge in [-0.05, 0) is 52.5 Å². The third-order valence-electron chi connectivity index (χ3n) is 5.00. The third kappa shape index (κ3) is 4.05. The molecule has 1 aliphatic rings. The number of ether oxygens (including phenoxy) is 1. The Bertz CT molecular complexity index is 1150. The van der Waals surface area contributed by atoms with Crippen LogP contribution in [-0.2, 0) is 16.6 Å². The van der Waals surface area contributed by atoms with E-state index >= 15 is 0 Å². The summed E-state index contributed by atoms with van der Waals surface area (Å²) in [5.74, 6) is 0.857. The molecule has 0 saturated carbocycles. The number of para-hydroxylation sites is 1. The highest BCUT2D eigenvalue weighted by molar-refractivity contribution is 7.92. The van der Waals surface area contributed by atoms with E-state index in [1.807, 2.05) is 48.5 Å². The largest absolute Gasteiger partial charge is 0.488 e. The first-order valence-electron chi connectivity index (χ1n) is 9.58. The molecule has 1 aliphatic heterocycles. The number of fused-ring (bicyclic) bond motifs is 2. The van der Waals surface area contributed by atoms with E-state index in [0.29, 0.717) is 12.3 Å². The van der Waals surface area contributed by atoms with Crippen LogP contribution in [-0.4, -0.2) is 14.7 Å². The summed E-state index contributed by atoms with van der Waals surface area (Å²) in [7, 11) is -3.34. The number of rotatable bonds is 4. The van der Waals surface area contributed by atoms with Crippen molar-refractivity contribution < 1.29 is 13.2 Å². The second-order valence-corrected chi connectivity index (χ2v) is 8.85. The van der Waals surface area contributed by atoms with Gasteiger partial charge in [-0.2, -0.15) is 0 Å². The lowest BCUT2D eigenvalue weighted by molar-refractivity contribution is 0.307. The summed E-state index contributed by atoms with van der Waals surface area (Å²) < 4.78 is 32.1. The third-order valence-corrected chi connectivity index (χ3v) is 5.60. The normalized spacial score (nSPS) is 14.8. The molecule has 148 valence electrons. The monoisotopic (exact) mass is 405 g/mol. The Morgan fingerprint density at radius 1 is 0.966 bits per heavy atom. The first kappa shape index (κ1) is 19.3. The van der Waals surface area contributed by atoms with Gasteiger partial charge in [0, 0.05) is 11.3 Å². The summed E-state index contributed by atoms with van der Waals surface area (Å²) in [5.41, 5.74) is 7.16. The van der Waals surface area contributed by atoms with Crippen LogP contribution in [0.15, 0.2) is 72.8 Å². The minimum Gasteiger partial charge on any atom is -0.488 e. The van der Waals surface area contributed by atoms with Gasteiger partial charge in [0.1, 0.15) is 12.4 Å². The first-order valence-corrected chi connectivity index (χ1v) is 11.5. The molecule has 0 unspecified atom stereocenters. The maximum absolute atomic E-state index is 11.7. The summed E-state index contributed by atoms with van der Waals surface area (Å²) in [4.78, 5) is 0. The zero-order chi connectivity index (χ0) is 20.4. The van der Waals surface area contributed by atoms with Crippen molar-refractivity contribution in [3.8, 4) is 5.75 Å². The number of anilines is 1. The Labute approximate surface area is 171 Å². The highest BCUT2D eigenvalue weighted by atomic mass is 32.2.